The lowest BCUT2D eigenvalue weighted by molar-refractivity contribution is -0.119. The van der Waals surface area contributed by atoms with Crippen molar-refractivity contribution in [2.45, 2.75) is 0 Å². The van der Waals surface area contributed by atoms with Gasteiger partial charge in [0, 0.05) is 5.02 Å². The fourth-order valence-corrected chi connectivity index (χ4v) is 1.80. The van der Waals surface area contributed by atoms with E-state index in [2.05, 4.69) is 10.1 Å². The van der Waals surface area contributed by atoms with E-state index in [1.807, 2.05) is 0 Å². The van der Waals surface area contributed by atoms with Gasteiger partial charge in [0.2, 0.25) is 0 Å². The zero-order chi connectivity index (χ0) is 17.0. The molecule has 0 heterocycles. The highest BCUT2D eigenvalue weighted by Gasteiger charge is 2.16. The summed E-state index contributed by atoms with van der Waals surface area (Å²) in [5.41, 5.74) is -0.803. The second-order valence-corrected chi connectivity index (χ2v) is 4.81. The molecular formula is C15H9ClF3NO3. The first kappa shape index (κ1) is 16.8. The number of hydrogen-bond acceptors (Lipinski definition) is 3. The van der Waals surface area contributed by atoms with Gasteiger partial charge < -0.3 is 10.1 Å². The predicted octanol–water partition coefficient (Wildman–Crippen LogP) is 3.55. The van der Waals surface area contributed by atoms with Crippen molar-refractivity contribution < 1.29 is 27.5 Å². The molecule has 0 aromatic heterocycles. The molecule has 0 saturated carbocycles. The molecule has 0 atom stereocenters. The van der Waals surface area contributed by atoms with Gasteiger partial charge in [-0.1, -0.05) is 11.6 Å². The molecule has 0 aliphatic rings. The Hall–Kier alpha value is -2.54. The summed E-state index contributed by atoms with van der Waals surface area (Å²) in [6.45, 7) is -0.795. The lowest BCUT2D eigenvalue weighted by Gasteiger charge is -2.08. The summed E-state index contributed by atoms with van der Waals surface area (Å²) < 4.78 is 44.3. The van der Waals surface area contributed by atoms with E-state index < -0.39 is 41.5 Å². The molecule has 1 N–H and O–H groups in total. The monoisotopic (exact) mass is 343 g/mol. The second kappa shape index (κ2) is 7.15. The van der Waals surface area contributed by atoms with Gasteiger partial charge in [0.05, 0.1) is 11.3 Å². The number of carbonyl (C=O) groups is 2. The van der Waals surface area contributed by atoms with E-state index in [4.69, 9.17) is 11.6 Å². The van der Waals surface area contributed by atoms with Gasteiger partial charge in [-0.25, -0.2) is 18.0 Å². The van der Waals surface area contributed by atoms with E-state index in [9.17, 15) is 22.8 Å². The highest BCUT2D eigenvalue weighted by molar-refractivity contribution is 6.30. The van der Waals surface area contributed by atoms with Crippen LogP contribution in [-0.2, 0) is 9.53 Å². The average Bonchev–Trinajstić information content (AvgIpc) is 2.50. The van der Waals surface area contributed by atoms with Gasteiger partial charge in [0.1, 0.15) is 17.5 Å². The minimum absolute atomic E-state index is 0.147. The Kier molecular flexibility index (Phi) is 5.23. The summed E-state index contributed by atoms with van der Waals surface area (Å²) in [5, 5.41) is 2.30. The Morgan fingerprint density at radius 3 is 2.48 bits per heavy atom. The lowest BCUT2D eigenvalue weighted by Crippen LogP contribution is -2.22. The Balaban J connectivity index is 1.96. The van der Waals surface area contributed by atoms with Crippen molar-refractivity contribution in [2.75, 3.05) is 11.9 Å². The largest absolute Gasteiger partial charge is 0.452 e. The number of halogens is 4. The van der Waals surface area contributed by atoms with E-state index in [-0.39, 0.29) is 10.7 Å². The van der Waals surface area contributed by atoms with Gasteiger partial charge in [0.15, 0.2) is 6.61 Å². The number of amides is 1. The number of ether oxygens (including phenoxy) is 1. The van der Waals surface area contributed by atoms with Crippen molar-refractivity contribution in [1.82, 2.24) is 0 Å². The molecule has 4 nitrogen and oxygen atoms in total. The van der Waals surface area contributed by atoms with E-state index in [1.54, 1.807) is 0 Å². The molecule has 0 unspecified atom stereocenters. The van der Waals surface area contributed by atoms with Crippen LogP contribution >= 0.6 is 11.6 Å². The fraction of sp³-hybridized carbons (Fsp3) is 0.0667. The maximum atomic E-state index is 13.5. The van der Waals surface area contributed by atoms with E-state index >= 15 is 0 Å². The van der Waals surface area contributed by atoms with E-state index in [0.717, 1.165) is 18.2 Å². The molecule has 0 radical (unpaired) electrons. The molecule has 23 heavy (non-hydrogen) atoms. The normalized spacial score (nSPS) is 10.3. The molecule has 0 saturated heterocycles. The van der Waals surface area contributed by atoms with Crippen molar-refractivity contribution >= 4 is 29.2 Å². The molecule has 2 rings (SSSR count). The van der Waals surface area contributed by atoms with Crippen molar-refractivity contribution in [3.05, 3.63) is 64.4 Å². The van der Waals surface area contributed by atoms with Crippen LogP contribution in [0.5, 0.6) is 0 Å². The zero-order valence-corrected chi connectivity index (χ0v) is 12.2. The topological polar surface area (TPSA) is 55.4 Å². The fourth-order valence-electron chi connectivity index (χ4n) is 1.64. The van der Waals surface area contributed by atoms with Crippen LogP contribution in [0.3, 0.4) is 0 Å². The molecule has 120 valence electrons. The number of nitrogens with one attached hydrogen (secondary N) is 1. The molecule has 0 fully saturated rings. The number of carbonyl (C=O) groups excluding carboxylic acids is 2. The summed E-state index contributed by atoms with van der Waals surface area (Å²) in [5.74, 6) is -4.65. The standard InChI is InChI=1S/C15H9ClF3NO3/c16-8-1-4-13(12(19)5-8)20-14(21)7-23-15(22)10-6-9(17)2-3-11(10)18/h1-6H,7H2,(H,20,21). The maximum absolute atomic E-state index is 13.5. The van der Waals surface area contributed by atoms with Gasteiger partial charge in [0.25, 0.3) is 5.91 Å². The molecular weight excluding hydrogens is 335 g/mol. The summed E-state index contributed by atoms with van der Waals surface area (Å²) >= 11 is 5.56. The summed E-state index contributed by atoms with van der Waals surface area (Å²) in [4.78, 5) is 23.2. The van der Waals surface area contributed by atoms with Crippen molar-refractivity contribution in [3.8, 4) is 0 Å². The van der Waals surface area contributed by atoms with Crippen LogP contribution < -0.4 is 5.32 Å². The number of hydrogen-bond donors (Lipinski definition) is 1. The van der Waals surface area contributed by atoms with E-state index in [1.165, 1.54) is 12.1 Å². The van der Waals surface area contributed by atoms with Gasteiger partial charge in [-0.15, -0.1) is 0 Å². The van der Waals surface area contributed by atoms with Crippen LogP contribution in [0.15, 0.2) is 36.4 Å². The Morgan fingerprint density at radius 1 is 1.04 bits per heavy atom. The first-order chi connectivity index (χ1) is 10.9. The quantitative estimate of drug-likeness (QED) is 0.864. The van der Waals surface area contributed by atoms with Crippen LogP contribution in [0.2, 0.25) is 5.02 Å². The highest BCUT2D eigenvalue weighted by atomic mass is 35.5. The third kappa shape index (κ3) is 4.46. The third-order valence-electron chi connectivity index (χ3n) is 2.69. The lowest BCUT2D eigenvalue weighted by atomic mass is 10.2. The second-order valence-electron chi connectivity index (χ2n) is 4.37. The number of benzene rings is 2. The molecule has 2 aromatic rings. The predicted molar refractivity (Wildman–Crippen MR) is 76.7 cm³/mol. The Morgan fingerprint density at radius 2 is 1.78 bits per heavy atom. The van der Waals surface area contributed by atoms with Crippen LogP contribution in [0.1, 0.15) is 10.4 Å². The number of anilines is 1. The van der Waals surface area contributed by atoms with Gasteiger partial charge in [-0.2, -0.15) is 0 Å². The minimum atomic E-state index is -1.21. The smallest absolute Gasteiger partial charge is 0.341 e. The zero-order valence-electron chi connectivity index (χ0n) is 11.4. The molecule has 2 aromatic carbocycles. The van der Waals surface area contributed by atoms with Gasteiger partial charge in [-0.05, 0) is 36.4 Å². The minimum Gasteiger partial charge on any atom is -0.452 e. The van der Waals surface area contributed by atoms with Crippen LogP contribution in [0, 0.1) is 17.5 Å². The first-order valence-corrected chi connectivity index (χ1v) is 6.61. The average molecular weight is 344 g/mol. The molecule has 1 amide bonds. The van der Waals surface area contributed by atoms with E-state index in [0.29, 0.717) is 6.07 Å². The van der Waals surface area contributed by atoms with Crippen molar-refractivity contribution in [2.24, 2.45) is 0 Å². The summed E-state index contributed by atoms with van der Waals surface area (Å²) in [6.07, 6.45) is 0. The summed E-state index contributed by atoms with van der Waals surface area (Å²) in [7, 11) is 0. The molecule has 8 heteroatoms. The number of esters is 1. The van der Waals surface area contributed by atoms with Crippen LogP contribution in [0.4, 0.5) is 18.9 Å². The maximum Gasteiger partial charge on any atom is 0.341 e. The SMILES string of the molecule is O=C(COC(=O)c1cc(F)ccc1F)Nc1ccc(Cl)cc1F. The van der Waals surface area contributed by atoms with Crippen LogP contribution in [0.25, 0.3) is 0 Å². The van der Waals surface area contributed by atoms with Gasteiger partial charge >= 0.3 is 5.97 Å². The Labute approximate surface area is 133 Å². The molecule has 0 spiro atoms. The molecule has 0 aliphatic carbocycles. The highest BCUT2D eigenvalue weighted by Crippen LogP contribution is 2.18. The van der Waals surface area contributed by atoms with Crippen LogP contribution in [-0.4, -0.2) is 18.5 Å². The number of rotatable bonds is 4. The van der Waals surface area contributed by atoms with Gasteiger partial charge in [-0.3, -0.25) is 4.79 Å². The third-order valence-corrected chi connectivity index (χ3v) is 2.92. The summed E-state index contributed by atoms with van der Waals surface area (Å²) in [6, 6.07) is 5.81. The molecule has 0 bridgehead atoms. The first-order valence-electron chi connectivity index (χ1n) is 6.24. The molecule has 0 aliphatic heterocycles. The Bertz CT molecular complexity index is 768. The van der Waals surface area contributed by atoms with Crippen molar-refractivity contribution in [3.63, 3.8) is 0 Å². The van der Waals surface area contributed by atoms with Crippen molar-refractivity contribution in [1.29, 1.82) is 0 Å².